The maximum atomic E-state index is 4.76. The fourth-order valence-electron chi connectivity index (χ4n) is 2.67. The minimum absolute atomic E-state index is 0.870. The van der Waals surface area contributed by atoms with E-state index in [4.69, 9.17) is 4.98 Å². The van der Waals surface area contributed by atoms with Crippen LogP contribution in [0.5, 0.6) is 0 Å². The van der Waals surface area contributed by atoms with Gasteiger partial charge in [0.15, 0.2) is 5.82 Å². The van der Waals surface area contributed by atoms with Gasteiger partial charge in [-0.2, -0.15) is 11.3 Å². The molecule has 0 amide bonds. The molecule has 0 saturated carbocycles. The first-order valence-corrected chi connectivity index (χ1v) is 8.83. The molecule has 4 rings (SSSR count). The molecule has 0 spiro atoms. The average molecular weight is 313 g/mol. The molecule has 0 saturated heterocycles. The first kappa shape index (κ1) is 13.1. The third-order valence-electron chi connectivity index (χ3n) is 3.74. The Labute approximate surface area is 131 Å². The van der Waals surface area contributed by atoms with Crippen molar-refractivity contribution >= 4 is 22.7 Å². The molecule has 0 atom stereocenters. The molecule has 0 aliphatic carbocycles. The van der Waals surface area contributed by atoms with Crippen LogP contribution in [0.4, 0.5) is 0 Å². The van der Waals surface area contributed by atoms with Gasteiger partial charge in [0.05, 0.1) is 10.6 Å². The summed E-state index contributed by atoms with van der Waals surface area (Å²) < 4.78 is 0. The number of fused-ring (bicyclic) bond motifs is 1. The van der Waals surface area contributed by atoms with Gasteiger partial charge in [0.1, 0.15) is 0 Å². The Kier molecular flexibility index (Phi) is 3.55. The van der Waals surface area contributed by atoms with Crippen molar-refractivity contribution in [3.05, 3.63) is 57.4 Å². The van der Waals surface area contributed by atoms with E-state index in [1.807, 2.05) is 12.3 Å². The molecule has 1 aliphatic heterocycles. The number of hydrogen-bond acceptors (Lipinski definition) is 5. The molecule has 1 aliphatic rings. The predicted molar refractivity (Wildman–Crippen MR) is 87.5 cm³/mol. The molecular formula is C16H15N3S2. The molecule has 3 aromatic rings. The highest BCUT2D eigenvalue weighted by molar-refractivity contribution is 7.13. The molecule has 3 nitrogen and oxygen atoms in total. The van der Waals surface area contributed by atoms with Gasteiger partial charge < -0.3 is 0 Å². The molecule has 0 radical (unpaired) electrons. The zero-order valence-electron chi connectivity index (χ0n) is 11.5. The summed E-state index contributed by atoms with van der Waals surface area (Å²) in [5.41, 5.74) is 3.89. The van der Waals surface area contributed by atoms with E-state index in [1.54, 1.807) is 22.7 Å². The lowest BCUT2D eigenvalue weighted by Crippen LogP contribution is -2.30. The maximum Gasteiger partial charge on any atom is 0.169 e. The lowest BCUT2D eigenvalue weighted by molar-refractivity contribution is 0.243. The van der Waals surface area contributed by atoms with E-state index in [0.717, 1.165) is 36.8 Å². The Morgan fingerprint density at radius 2 is 2.24 bits per heavy atom. The first-order valence-electron chi connectivity index (χ1n) is 7.00. The quantitative estimate of drug-likeness (QED) is 0.736. The van der Waals surface area contributed by atoms with Crippen LogP contribution in [0.25, 0.3) is 10.7 Å². The van der Waals surface area contributed by atoms with E-state index in [-0.39, 0.29) is 0 Å². The Hall–Kier alpha value is -1.56. The largest absolute Gasteiger partial charge is 0.294 e. The van der Waals surface area contributed by atoms with E-state index in [1.165, 1.54) is 16.8 Å². The number of thiophene rings is 2. The first-order chi connectivity index (χ1) is 10.4. The van der Waals surface area contributed by atoms with Crippen molar-refractivity contribution in [3.8, 4) is 10.7 Å². The van der Waals surface area contributed by atoms with E-state index < -0.39 is 0 Å². The fraction of sp³-hybridized carbons (Fsp3) is 0.250. The van der Waals surface area contributed by atoms with Gasteiger partial charge in [-0.3, -0.25) is 4.90 Å². The molecular weight excluding hydrogens is 298 g/mol. The van der Waals surface area contributed by atoms with Crippen LogP contribution in [0, 0.1) is 0 Å². The summed E-state index contributed by atoms with van der Waals surface area (Å²) in [5, 5.41) is 6.44. The third-order valence-corrected chi connectivity index (χ3v) is 5.34. The second-order valence-electron chi connectivity index (χ2n) is 5.24. The van der Waals surface area contributed by atoms with Gasteiger partial charge in [0.2, 0.25) is 0 Å². The smallest absolute Gasteiger partial charge is 0.169 e. The van der Waals surface area contributed by atoms with Gasteiger partial charge in [0, 0.05) is 37.8 Å². The summed E-state index contributed by atoms with van der Waals surface area (Å²) >= 11 is 3.46. The van der Waals surface area contributed by atoms with Gasteiger partial charge >= 0.3 is 0 Å². The second kappa shape index (κ2) is 5.67. The summed E-state index contributed by atoms with van der Waals surface area (Å²) in [6, 6.07) is 6.33. The van der Waals surface area contributed by atoms with Crippen LogP contribution >= 0.6 is 22.7 Å². The third kappa shape index (κ3) is 2.77. The minimum Gasteiger partial charge on any atom is -0.294 e. The summed E-state index contributed by atoms with van der Waals surface area (Å²) in [7, 11) is 0. The SMILES string of the molecule is c1csc(-c2ncc3c(n2)CCN(Cc2ccsc2)C3)c1. The van der Waals surface area contributed by atoms with Gasteiger partial charge in [0.25, 0.3) is 0 Å². The number of aromatic nitrogens is 2. The van der Waals surface area contributed by atoms with Crippen LogP contribution < -0.4 is 0 Å². The minimum atomic E-state index is 0.870. The average Bonchev–Trinajstić information content (AvgIpc) is 3.20. The van der Waals surface area contributed by atoms with Crippen LogP contribution in [0.2, 0.25) is 0 Å². The fourth-order valence-corrected chi connectivity index (χ4v) is 4.00. The molecule has 3 aromatic heterocycles. The van der Waals surface area contributed by atoms with Crippen molar-refractivity contribution in [1.29, 1.82) is 0 Å². The van der Waals surface area contributed by atoms with Crippen LogP contribution in [-0.2, 0) is 19.5 Å². The molecule has 0 aromatic carbocycles. The van der Waals surface area contributed by atoms with E-state index >= 15 is 0 Å². The summed E-state index contributed by atoms with van der Waals surface area (Å²) in [6.07, 6.45) is 3.03. The van der Waals surface area contributed by atoms with Gasteiger partial charge in [-0.15, -0.1) is 11.3 Å². The van der Waals surface area contributed by atoms with Gasteiger partial charge in [-0.25, -0.2) is 9.97 Å². The number of rotatable bonds is 3. The zero-order valence-corrected chi connectivity index (χ0v) is 13.2. The van der Waals surface area contributed by atoms with Crippen molar-refractivity contribution in [2.24, 2.45) is 0 Å². The molecule has 0 fully saturated rings. The number of hydrogen-bond donors (Lipinski definition) is 0. The number of nitrogens with zero attached hydrogens (tertiary/aromatic N) is 3. The van der Waals surface area contributed by atoms with Crippen LogP contribution in [0.3, 0.4) is 0 Å². The maximum absolute atomic E-state index is 4.76. The van der Waals surface area contributed by atoms with E-state index in [2.05, 4.69) is 38.2 Å². The van der Waals surface area contributed by atoms with Crippen molar-refractivity contribution < 1.29 is 0 Å². The Morgan fingerprint density at radius 1 is 1.24 bits per heavy atom. The standard InChI is InChI=1S/C16H15N3S2/c1-2-15(21-6-1)16-17-8-13-10-19(5-3-14(13)18-16)9-12-4-7-20-11-12/h1-2,4,6-8,11H,3,5,9-10H2. The lowest BCUT2D eigenvalue weighted by Gasteiger charge is -2.27. The predicted octanol–water partition coefficient (Wildman–Crippen LogP) is 3.82. The lowest BCUT2D eigenvalue weighted by atomic mass is 10.1. The summed E-state index contributed by atoms with van der Waals surface area (Å²) in [6.45, 7) is 3.05. The Bertz CT molecular complexity index is 720. The van der Waals surface area contributed by atoms with Crippen LogP contribution in [0.15, 0.2) is 40.5 Å². The van der Waals surface area contributed by atoms with Crippen molar-refractivity contribution in [3.63, 3.8) is 0 Å². The highest BCUT2D eigenvalue weighted by Gasteiger charge is 2.19. The topological polar surface area (TPSA) is 29.0 Å². The molecule has 5 heteroatoms. The highest BCUT2D eigenvalue weighted by Crippen LogP contribution is 2.24. The Balaban J connectivity index is 1.54. The van der Waals surface area contributed by atoms with Crippen LogP contribution in [0.1, 0.15) is 16.8 Å². The summed E-state index contributed by atoms with van der Waals surface area (Å²) in [5.74, 6) is 0.870. The van der Waals surface area contributed by atoms with Gasteiger partial charge in [-0.05, 0) is 33.8 Å². The van der Waals surface area contributed by atoms with Crippen LogP contribution in [-0.4, -0.2) is 21.4 Å². The zero-order chi connectivity index (χ0) is 14.1. The molecule has 0 unspecified atom stereocenters. The molecule has 0 bridgehead atoms. The normalized spacial score (nSPS) is 15.0. The van der Waals surface area contributed by atoms with E-state index in [0.29, 0.717) is 0 Å². The Morgan fingerprint density at radius 3 is 3.05 bits per heavy atom. The van der Waals surface area contributed by atoms with E-state index in [9.17, 15) is 0 Å². The summed E-state index contributed by atoms with van der Waals surface area (Å²) in [4.78, 5) is 12.9. The monoisotopic (exact) mass is 313 g/mol. The van der Waals surface area contributed by atoms with Crippen molar-refractivity contribution in [2.75, 3.05) is 6.54 Å². The molecule has 4 heterocycles. The molecule has 0 N–H and O–H groups in total. The second-order valence-corrected chi connectivity index (χ2v) is 6.96. The van der Waals surface area contributed by atoms with Gasteiger partial charge in [-0.1, -0.05) is 6.07 Å². The van der Waals surface area contributed by atoms with Crippen molar-refractivity contribution in [1.82, 2.24) is 14.9 Å². The molecule has 21 heavy (non-hydrogen) atoms. The highest BCUT2D eigenvalue weighted by atomic mass is 32.1. The van der Waals surface area contributed by atoms with Crippen molar-refractivity contribution in [2.45, 2.75) is 19.5 Å². The molecule has 106 valence electrons.